The van der Waals surface area contributed by atoms with Gasteiger partial charge in [0, 0.05) is 17.1 Å². The van der Waals surface area contributed by atoms with Gasteiger partial charge in [0.1, 0.15) is 0 Å². The molecule has 21 heavy (non-hydrogen) atoms. The molecule has 0 fully saturated rings. The fraction of sp³-hybridized carbons (Fsp3) is 0.267. The maximum Gasteiger partial charge on any atom is 0.253 e. The summed E-state index contributed by atoms with van der Waals surface area (Å²) in [6.07, 6.45) is -0.529. The van der Waals surface area contributed by atoms with Crippen molar-refractivity contribution in [3.63, 3.8) is 0 Å². The van der Waals surface area contributed by atoms with Gasteiger partial charge >= 0.3 is 0 Å². The van der Waals surface area contributed by atoms with Crippen LogP contribution in [0.25, 0.3) is 5.78 Å². The van der Waals surface area contributed by atoms with E-state index in [0.29, 0.717) is 16.7 Å². The van der Waals surface area contributed by atoms with E-state index >= 15 is 0 Å². The lowest BCUT2D eigenvalue weighted by molar-refractivity contribution is 0.204. The summed E-state index contributed by atoms with van der Waals surface area (Å²) in [5, 5.41) is 15.2. The number of aliphatic hydroxyl groups is 1. The molecule has 2 aromatic heterocycles. The molecule has 5 nitrogen and oxygen atoms in total. The van der Waals surface area contributed by atoms with Crippen molar-refractivity contribution in [3.8, 4) is 0 Å². The molecule has 0 bridgehead atoms. The Morgan fingerprint density at radius 3 is 2.71 bits per heavy atom. The predicted octanol–water partition coefficient (Wildman–Crippen LogP) is 2.57. The van der Waals surface area contributed by atoms with Gasteiger partial charge in [-0.25, -0.2) is 9.50 Å². The summed E-state index contributed by atoms with van der Waals surface area (Å²) < 4.78 is 1.73. The standard InChI is InChI=1S/C15H16N4OS/c1-10-8-11(2)19-14(16-10)17-15(18-19)21-9-13(20)12-6-4-3-5-7-12/h3-8,13,20H,9H2,1-2H3. The third-order valence-corrected chi connectivity index (χ3v) is 4.07. The Kier molecular flexibility index (Phi) is 3.90. The van der Waals surface area contributed by atoms with Crippen LogP contribution in [-0.4, -0.2) is 30.4 Å². The molecule has 1 unspecified atom stereocenters. The van der Waals surface area contributed by atoms with Gasteiger partial charge < -0.3 is 5.11 Å². The summed E-state index contributed by atoms with van der Waals surface area (Å²) in [6.45, 7) is 3.91. The van der Waals surface area contributed by atoms with Crippen molar-refractivity contribution in [2.45, 2.75) is 25.1 Å². The quantitative estimate of drug-likeness (QED) is 0.750. The van der Waals surface area contributed by atoms with Crippen LogP contribution in [0.2, 0.25) is 0 Å². The van der Waals surface area contributed by atoms with Gasteiger partial charge in [-0.2, -0.15) is 4.98 Å². The second-order valence-electron chi connectivity index (χ2n) is 4.88. The monoisotopic (exact) mass is 300 g/mol. The van der Waals surface area contributed by atoms with E-state index in [9.17, 15) is 5.11 Å². The molecule has 2 heterocycles. The minimum absolute atomic E-state index is 0.513. The zero-order valence-corrected chi connectivity index (χ0v) is 12.7. The van der Waals surface area contributed by atoms with Crippen LogP contribution in [-0.2, 0) is 0 Å². The summed E-state index contributed by atoms with van der Waals surface area (Å²) in [6, 6.07) is 11.6. The maximum absolute atomic E-state index is 10.2. The summed E-state index contributed by atoms with van der Waals surface area (Å²) in [7, 11) is 0. The number of benzene rings is 1. The van der Waals surface area contributed by atoms with Crippen LogP contribution in [0.3, 0.4) is 0 Å². The van der Waals surface area contributed by atoms with Crippen molar-refractivity contribution in [1.29, 1.82) is 0 Å². The lowest BCUT2D eigenvalue weighted by atomic mass is 10.1. The highest BCUT2D eigenvalue weighted by atomic mass is 32.2. The van der Waals surface area contributed by atoms with Crippen LogP contribution in [0, 0.1) is 13.8 Å². The van der Waals surface area contributed by atoms with Crippen LogP contribution in [0.5, 0.6) is 0 Å². The predicted molar refractivity (Wildman–Crippen MR) is 82.4 cm³/mol. The summed E-state index contributed by atoms with van der Waals surface area (Å²) >= 11 is 1.43. The largest absolute Gasteiger partial charge is 0.388 e. The molecule has 0 saturated carbocycles. The number of fused-ring (bicyclic) bond motifs is 1. The van der Waals surface area contributed by atoms with E-state index in [4.69, 9.17) is 0 Å². The number of aromatic nitrogens is 4. The average Bonchev–Trinajstić information content (AvgIpc) is 2.89. The Morgan fingerprint density at radius 2 is 1.95 bits per heavy atom. The van der Waals surface area contributed by atoms with Gasteiger partial charge in [0.05, 0.1) is 6.10 Å². The first kappa shape index (κ1) is 14.0. The third-order valence-electron chi connectivity index (χ3n) is 3.15. The SMILES string of the molecule is Cc1cc(C)n2nc(SCC(O)c3ccccc3)nc2n1. The molecule has 0 aliphatic heterocycles. The van der Waals surface area contributed by atoms with Crippen LogP contribution in [0.1, 0.15) is 23.1 Å². The lowest BCUT2D eigenvalue weighted by Gasteiger charge is -2.08. The Bertz CT molecular complexity index is 757. The molecule has 0 spiro atoms. The van der Waals surface area contributed by atoms with Crippen molar-refractivity contribution in [2.24, 2.45) is 0 Å². The fourth-order valence-corrected chi connectivity index (χ4v) is 2.92. The number of hydrogen-bond acceptors (Lipinski definition) is 5. The number of rotatable bonds is 4. The molecule has 0 radical (unpaired) electrons. The molecule has 0 aliphatic carbocycles. The van der Waals surface area contributed by atoms with Gasteiger partial charge in [0.2, 0.25) is 5.16 Å². The summed E-state index contributed by atoms with van der Waals surface area (Å²) in [4.78, 5) is 8.75. The van der Waals surface area contributed by atoms with Crippen LogP contribution < -0.4 is 0 Å². The molecule has 1 aromatic carbocycles. The topological polar surface area (TPSA) is 63.3 Å². The molecule has 108 valence electrons. The Balaban J connectivity index is 1.75. The van der Waals surface area contributed by atoms with Gasteiger partial charge in [-0.3, -0.25) is 0 Å². The van der Waals surface area contributed by atoms with E-state index in [1.807, 2.05) is 50.2 Å². The van der Waals surface area contributed by atoms with Crippen LogP contribution in [0.15, 0.2) is 41.6 Å². The zero-order valence-electron chi connectivity index (χ0n) is 11.9. The molecular weight excluding hydrogens is 284 g/mol. The lowest BCUT2D eigenvalue weighted by Crippen LogP contribution is -2.00. The summed E-state index contributed by atoms with van der Waals surface area (Å²) in [5.74, 6) is 1.11. The number of aliphatic hydroxyl groups excluding tert-OH is 1. The second-order valence-corrected chi connectivity index (χ2v) is 5.87. The zero-order chi connectivity index (χ0) is 14.8. The van der Waals surface area contributed by atoms with Gasteiger partial charge in [-0.1, -0.05) is 42.1 Å². The fourth-order valence-electron chi connectivity index (χ4n) is 2.13. The highest BCUT2D eigenvalue weighted by Gasteiger charge is 2.12. The molecule has 6 heteroatoms. The minimum atomic E-state index is -0.529. The molecule has 1 N–H and O–H groups in total. The van der Waals surface area contributed by atoms with E-state index in [-0.39, 0.29) is 0 Å². The van der Waals surface area contributed by atoms with E-state index in [0.717, 1.165) is 17.0 Å². The smallest absolute Gasteiger partial charge is 0.253 e. The average molecular weight is 300 g/mol. The highest BCUT2D eigenvalue weighted by molar-refractivity contribution is 7.99. The Morgan fingerprint density at radius 1 is 1.19 bits per heavy atom. The van der Waals surface area contributed by atoms with Crippen LogP contribution >= 0.6 is 11.8 Å². The van der Waals surface area contributed by atoms with Gasteiger partial charge in [-0.05, 0) is 25.5 Å². The van der Waals surface area contributed by atoms with Crippen molar-refractivity contribution >= 4 is 17.5 Å². The number of nitrogens with zero attached hydrogens (tertiary/aromatic N) is 4. The van der Waals surface area contributed by atoms with Crippen LogP contribution in [0.4, 0.5) is 0 Å². The van der Waals surface area contributed by atoms with Crippen molar-refractivity contribution < 1.29 is 5.11 Å². The van der Waals surface area contributed by atoms with Gasteiger partial charge in [-0.15, -0.1) is 5.10 Å². The number of hydrogen-bond donors (Lipinski definition) is 1. The van der Waals surface area contributed by atoms with E-state index in [2.05, 4.69) is 15.1 Å². The molecule has 0 amide bonds. The summed E-state index contributed by atoms with van der Waals surface area (Å²) in [5.41, 5.74) is 2.83. The van der Waals surface area contributed by atoms with E-state index < -0.39 is 6.10 Å². The van der Waals surface area contributed by atoms with E-state index in [1.165, 1.54) is 11.8 Å². The third kappa shape index (κ3) is 3.06. The molecule has 1 atom stereocenters. The molecule has 0 saturated heterocycles. The first-order valence-electron chi connectivity index (χ1n) is 6.70. The van der Waals surface area contributed by atoms with Crippen molar-refractivity contribution in [3.05, 3.63) is 53.3 Å². The number of thioether (sulfide) groups is 1. The maximum atomic E-state index is 10.2. The molecular formula is C15H16N4OS. The number of aryl methyl sites for hydroxylation is 2. The van der Waals surface area contributed by atoms with Gasteiger partial charge in [0.25, 0.3) is 5.78 Å². The first-order chi connectivity index (χ1) is 10.1. The highest BCUT2D eigenvalue weighted by Crippen LogP contribution is 2.22. The Labute approximate surface area is 127 Å². The van der Waals surface area contributed by atoms with E-state index in [1.54, 1.807) is 4.52 Å². The second kappa shape index (κ2) is 5.83. The normalized spacial score (nSPS) is 12.7. The van der Waals surface area contributed by atoms with Crippen molar-refractivity contribution in [1.82, 2.24) is 19.6 Å². The Hall–Kier alpha value is -1.92. The van der Waals surface area contributed by atoms with Gasteiger partial charge in [0.15, 0.2) is 0 Å². The molecule has 0 aliphatic rings. The molecule has 3 aromatic rings. The minimum Gasteiger partial charge on any atom is -0.388 e. The first-order valence-corrected chi connectivity index (χ1v) is 7.69. The van der Waals surface area contributed by atoms with Crippen molar-refractivity contribution in [2.75, 3.05) is 5.75 Å². The molecule has 3 rings (SSSR count).